The number of carbonyl (C=O) groups is 1. The molecule has 0 aliphatic heterocycles. The zero-order valence-corrected chi connectivity index (χ0v) is 15.9. The van der Waals surface area contributed by atoms with Gasteiger partial charge in [0.2, 0.25) is 5.91 Å². The molecule has 0 aliphatic carbocycles. The van der Waals surface area contributed by atoms with Gasteiger partial charge in [-0.05, 0) is 37.5 Å². The van der Waals surface area contributed by atoms with E-state index in [9.17, 15) is 9.59 Å². The summed E-state index contributed by atoms with van der Waals surface area (Å²) in [6, 6.07) is 5.87. The number of nitrogens with two attached hydrogens (primary N) is 3. The quantitative estimate of drug-likeness (QED) is 0.246. The van der Waals surface area contributed by atoms with Crippen molar-refractivity contribution in [2.45, 2.75) is 25.8 Å². The Labute approximate surface area is 163 Å². The fraction of sp³-hybridized carbons (Fsp3) is 0.312. The number of benzene rings is 1. The van der Waals surface area contributed by atoms with Crippen LogP contribution < -0.4 is 28.1 Å². The Morgan fingerprint density at radius 2 is 1.96 bits per heavy atom. The summed E-state index contributed by atoms with van der Waals surface area (Å²) in [7, 11) is 0. The fourth-order valence-corrected chi connectivity index (χ4v) is 2.29. The molecule has 0 bridgehead atoms. The molecule has 0 saturated heterocycles. The normalized spacial score (nSPS) is 11.0. The van der Waals surface area contributed by atoms with Crippen molar-refractivity contribution in [2.75, 3.05) is 11.9 Å². The van der Waals surface area contributed by atoms with Gasteiger partial charge >= 0.3 is 5.63 Å². The largest absolute Gasteiger partial charge is 0.423 e. The van der Waals surface area contributed by atoms with Gasteiger partial charge in [-0.25, -0.2) is 4.79 Å². The van der Waals surface area contributed by atoms with Gasteiger partial charge < -0.3 is 26.9 Å². The summed E-state index contributed by atoms with van der Waals surface area (Å²) in [6.07, 6.45) is 1.04. The second-order valence-electron chi connectivity index (χ2n) is 5.50. The predicted molar refractivity (Wildman–Crippen MR) is 108 cm³/mol. The lowest BCUT2D eigenvalue weighted by Gasteiger charge is -2.12. The van der Waals surface area contributed by atoms with E-state index in [1.54, 1.807) is 18.2 Å². The van der Waals surface area contributed by atoms with Gasteiger partial charge in [-0.1, -0.05) is 0 Å². The van der Waals surface area contributed by atoms with E-state index < -0.39 is 11.7 Å². The summed E-state index contributed by atoms with van der Waals surface area (Å²) in [5.41, 5.74) is 17.6. The SMILES string of the molecule is Cc1cc(=O)oc2cc(NC(=O)C(N)CCCN=C(N)N)ccc12.Cl.Cl. The van der Waals surface area contributed by atoms with Crippen LogP contribution in [0.4, 0.5) is 5.69 Å². The lowest BCUT2D eigenvalue weighted by Crippen LogP contribution is -2.35. The topological polar surface area (TPSA) is 150 Å². The number of rotatable bonds is 6. The summed E-state index contributed by atoms with van der Waals surface area (Å²) in [4.78, 5) is 27.4. The van der Waals surface area contributed by atoms with Crippen molar-refractivity contribution in [2.24, 2.45) is 22.2 Å². The number of aliphatic imine (C=N–C) groups is 1. The van der Waals surface area contributed by atoms with Gasteiger partial charge in [0.1, 0.15) is 5.58 Å². The van der Waals surface area contributed by atoms with Crippen LogP contribution in [-0.4, -0.2) is 24.5 Å². The lowest BCUT2D eigenvalue weighted by atomic mass is 10.1. The minimum atomic E-state index is -0.681. The average Bonchev–Trinajstić information content (AvgIpc) is 2.50. The standard InChI is InChI=1S/C16H21N5O3.2ClH/c1-9-7-14(22)24-13-8-10(4-5-11(9)13)21-15(23)12(17)3-2-6-20-16(18)19;;/h4-5,7-8,12H,2-3,6,17H2,1H3,(H,21,23)(H4,18,19,20);2*1H. The third-order valence-corrected chi connectivity index (χ3v) is 3.52. The molecular formula is C16H23Cl2N5O3. The van der Waals surface area contributed by atoms with E-state index >= 15 is 0 Å². The molecule has 0 fully saturated rings. The Hall–Kier alpha value is -2.29. The predicted octanol–water partition coefficient (Wildman–Crippen LogP) is 1.26. The van der Waals surface area contributed by atoms with E-state index in [2.05, 4.69) is 10.3 Å². The first kappa shape index (κ1) is 23.7. The van der Waals surface area contributed by atoms with Crippen LogP contribution in [-0.2, 0) is 4.79 Å². The number of halogens is 2. The van der Waals surface area contributed by atoms with E-state index in [4.69, 9.17) is 21.6 Å². The van der Waals surface area contributed by atoms with Gasteiger partial charge in [0.15, 0.2) is 5.96 Å². The Bertz CT molecular complexity index is 834. The van der Waals surface area contributed by atoms with Crippen molar-refractivity contribution in [3.63, 3.8) is 0 Å². The fourth-order valence-electron chi connectivity index (χ4n) is 2.29. The van der Waals surface area contributed by atoms with Crippen molar-refractivity contribution in [1.29, 1.82) is 0 Å². The molecule has 0 aliphatic rings. The highest BCUT2D eigenvalue weighted by Gasteiger charge is 2.14. The second-order valence-corrected chi connectivity index (χ2v) is 5.50. The molecule has 0 saturated carbocycles. The van der Waals surface area contributed by atoms with Crippen LogP contribution in [0.1, 0.15) is 18.4 Å². The minimum absolute atomic E-state index is 0. The van der Waals surface area contributed by atoms with Gasteiger partial charge in [0.25, 0.3) is 0 Å². The Balaban J connectivity index is 0.00000312. The summed E-state index contributed by atoms with van der Waals surface area (Å²) in [5, 5.41) is 3.53. The number of amides is 1. The van der Waals surface area contributed by atoms with Gasteiger partial charge in [-0.2, -0.15) is 0 Å². The molecule has 1 atom stereocenters. The van der Waals surface area contributed by atoms with Gasteiger partial charge in [0.05, 0.1) is 6.04 Å². The number of anilines is 1. The maximum absolute atomic E-state index is 12.1. The number of fused-ring (bicyclic) bond motifs is 1. The zero-order valence-electron chi connectivity index (χ0n) is 14.2. The molecule has 1 heterocycles. The van der Waals surface area contributed by atoms with Crippen molar-refractivity contribution < 1.29 is 9.21 Å². The van der Waals surface area contributed by atoms with Gasteiger partial charge in [0, 0.05) is 29.8 Å². The molecular weight excluding hydrogens is 381 g/mol. The molecule has 0 spiro atoms. The number of nitrogens with zero attached hydrogens (tertiary/aromatic N) is 1. The third-order valence-electron chi connectivity index (χ3n) is 3.52. The van der Waals surface area contributed by atoms with E-state index in [0.29, 0.717) is 30.7 Å². The molecule has 2 rings (SSSR count). The van der Waals surface area contributed by atoms with Crippen LogP contribution in [0.15, 0.2) is 38.5 Å². The smallest absolute Gasteiger partial charge is 0.336 e. The van der Waals surface area contributed by atoms with Crippen molar-refractivity contribution in [1.82, 2.24) is 0 Å². The molecule has 1 aromatic carbocycles. The number of guanidine groups is 1. The molecule has 1 aromatic heterocycles. The molecule has 8 nitrogen and oxygen atoms in total. The second kappa shape index (κ2) is 10.6. The molecule has 7 N–H and O–H groups in total. The van der Waals surface area contributed by atoms with Crippen LogP contribution in [0.2, 0.25) is 0 Å². The molecule has 144 valence electrons. The Morgan fingerprint density at radius 3 is 2.62 bits per heavy atom. The number of aryl methyl sites for hydroxylation is 1. The molecule has 26 heavy (non-hydrogen) atoms. The summed E-state index contributed by atoms with van der Waals surface area (Å²) in [5.74, 6) is -0.310. The maximum Gasteiger partial charge on any atom is 0.336 e. The zero-order chi connectivity index (χ0) is 17.7. The summed E-state index contributed by atoms with van der Waals surface area (Å²) < 4.78 is 5.15. The minimum Gasteiger partial charge on any atom is -0.423 e. The summed E-state index contributed by atoms with van der Waals surface area (Å²) >= 11 is 0. The van der Waals surface area contributed by atoms with E-state index in [1.165, 1.54) is 6.07 Å². The van der Waals surface area contributed by atoms with Crippen molar-refractivity contribution in [3.05, 3.63) is 40.2 Å². The highest BCUT2D eigenvalue weighted by atomic mass is 35.5. The average molecular weight is 404 g/mol. The highest BCUT2D eigenvalue weighted by molar-refractivity contribution is 5.96. The summed E-state index contributed by atoms with van der Waals surface area (Å²) in [6.45, 7) is 2.24. The van der Waals surface area contributed by atoms with Crippen LogP contribution >= 0.6 is 24.8 Å². The van der Waals surface area contributed by atoms with Crippen molar-refractivity contribution in [3.8, 4) is 0 Å². The van der Waals surface area contributed by atoms with E-state index in [0.717, 1.165) is 10.9 Å². The monoisotopic (exact) mass is 403 g/mol. The molecule has 1 amide bonds. The molecule has 1 unspecified atom stereocenters. The molecule has 10 heteroatoms. The van der Waals surface area contributed by atoms with Gasteiger partial charge in [-0.15, -0.1) is 24.8 Å². The first-order valence-corrected chi connectivity index (χ1v) is 7.53. The Morgan fingerprint density at radius 1 is 1.27 bits per heavy atom. The first-order chi connectivity index (χ1) is 11.4. The van der Waals surface area contributed by atoms with Crippen LogP contribution in [0.5, 0.6) is 0 Å². The molecule has 0 radical (unpaired) electrons. The van der Waals surface area contributed by atoms with Crippen molar-refractivity contribution >= 4 is 53.3 Å². The molecule has 2 aromatic rings. The number of nitrogens with one attached hydrogen (secondary N) is 1. The van der Waals surface area contributed by atoms with E-state index in [-0.39, 0.29) is 36.7 Å². The highest BCUT2D eigenvalue weighted by Crippen LogP contribution is 2.20. The van der Waals surface area contributed by atoms with E-state index in [1.807, 2.05) is 6.92 Å². The third kappa shape index (κ3) is 6.55. The maximum atomic E-state index is 12.1. The lowest BCUT2D eigenvalue weighted by molar-refractivity contribution is -0.117. The van der Waals surface area contributed by atoms with Crippen LogP contribution in [0, 0.1) is 6.92 Å². The van der Waals surface area contributed by atoms with Crippen LogP contribution in [0.3, 0.4) is 0 Å². The first-order valence-electron chi connectivity index (χ1n) is 7.53. The number of carbonyl (C=O) groups excluding carboxylic acids is 1. The van der Waals surface area contributed by atoms with Crippen LogP contribution in [0.25, 0.3) is 11.0 Å². The number of hydrogen-bond acceptors (Lipinski definition) is 5. The number of hydrogen-bond donors (Lipinski definition) is 4. The Kier molecular flexibility index (Phi) is 9.71. The van der Waals surface area contributed by atoms with Gasteiger partial charge in [-0.3, -0.25) is 9.79 Å².